The number of nitrogens with one attached hydrogen (secondary N) is 2. The highest BCUT2D eigenvalue weighted by molar-refractivity contribution is 6.29. The van der Waals surface area contributed by atoms with E-state index in [4.69, 9.17) is 25.5 Å². The van der Waals surface area contributed by atoms with E-state index in [-0.39, 0.29) is 40.8 Å². The van der Waals surface area contributed by atoms with Crippen LogP contribution in [0.1, 0.15) is 11.5 Å². The van der Waals surface area contributed by atoms with Gasteiger partial charge in [0.2, 0.25) is 17.7 Å². The highest BCUT2D eigenvalue weighted by Crippen LogP contribution is 2.33. The molecule has 1 aliphatic heterocycles. The average Bonchev–Trinajstić information content (AvgIpc) is 3.48. The molecule has 36 heavy (non-hydrogen) atoms. The van der Waals surface area contributed by atoms with Crippen molar-refractivity contribution in [2.75, 3.05) is 19.0 Å². The molecule has 184 valence electrons. The summed E-state index contributed by atoms with van der Waals surface area (Å²) in [6.07, 6.45) is 2.76. The number of ether oxygens (including phenoxy) is 2. The lowest BCUT2D eigenvalue weighted by atomic mass is 9.93. The van der Waals surface area contributed by atoms with Crippen LogP contribution in [0.4, 0.5) is 14.8 Å². The second-order valence-corrected chi connectivity index (χ2v) is 8.08. The van der Waals surface area contributed by atoms with Gasteiger partial charge in [0.1, 0.15) is 34.3 Å². The Balaban J connectivity index is 1.31. The number of halogens is 3. The Bertz CT molecular complexity index is 1380. The molecule has 0 spiro atoms. The number of benzene rings is 2. The minimum absolute atomic E-state index is 0.0249. The Morgan fingerprint density at radius 1 is 1.08 bits per heavy atom. The van der Waals surface area contributed by atoms with E-state index in [9.17, 15) is 13.6 Å². The third kappa shape index (κ3) is 4.75. The molecule has 4 aromatic rings. The Kier molecular flexibility index (Phi) is 6.34. The van der Waals surface area contributed by atoms with Crippen molar-refractivity contribution in [3.8, 4) is 28.8 Å². The number of hydrogen-bond acceptors (Lipinski definition) is 9. The smallest absolute Gasteiger partial charge is 0.316 e. The molecule has 0 radical (unpaired) electrons. The highest BCUT2D eigenvalue weighted by atomic mass is 35.5. The van der Waals surface area contributed by atoms with Crippen LogP contribution in [-0.2, 0) is 4.79 Å². The van der Waals surface area contributed by atoms with Crippen LogP contribution in [0.5, 0.6) is 17.4 Å². The maximum absolute atomic E-state index is 14.6. The summed E-state index contributed by atoms with van der Waals surface area (Å²) in [5, 5.41) is 13.5. The summed E-state index contributed by atoms with van der Waals surface area (Å²) in [5.41, 5.74) is 0.331. The van der Waals surface area contributed by atoms with Gasteiger partial charge in [-0.2, -0.15) is 0 Å². The first-order valence-electron chi connectivity index (χ1n) is 10.6. The van der Waals surface area contributed by atoms with Crippen LogP contribution in [0.15, 0.2) is 53.2 Å². The molecule has 1 amide bonds. The van der Waals surface area contributed by atoms with E-state index in [2.05, 4.69) is 30.8 Å². The van der Waals surface area contributed by atoms with Crippen LogP contribution in [0.3, 0.4) is 0 Å². The third-order valence-electron chi connectivity index (χ3n) is 5.46. The SMILES string of the molecule is COc1cc(F)c([C@@H]2CNC(=O)[C@H]2Nc2nnc(-c3ccc(Oc4cnc(Cl)cn4)cc3)o2)c(F)c1. The molecule has 5 rings (SSSR count). The van der Waals surface area contributed by atoms with Crippen molar-refractivity contribution in [3.05, 3.63) is 71.1 Å². The molecule has 0 aliphatic carbocycles. The highest BCUT2D eigenvalue weighted by Gasteiger charge is 2.40. The van der Waals surface area contributed by atoms with Gasteiger partial charge in [0.25, 0.3) is 0 Å². The van der Waals surface area contributed by atoms with E-state index in [1.807, 2.05) is 0 Å². The number of methoxy groups -OCH3 is 1. The maximum Gasteiger partial charge on any atom is 0.316 e. The van der Waals surface area contributed by atoms with Gasteiger partial charge >= 0.3 is 6.01 Å². The normalized spacial score (nSPS) is 17.1. The van der Waals surface area contributed by atoms with E-state index in [1.165, 1.54) is 19.5 Å². The zero-order valence-corrected chi connectivity index (χ0v) is 19.3. The van der Waals surface area contributed by atoms with Crippen LogP contribution in [-0.4, -0.2) is 45.8 Å². The fourth-order valence-corrected chi connectivity index (χ4v) is 3.86. The van der Waals surface area contributed by atoms with Crippen molar-refractivity contribution in [2.45, 2.75) is 12.0 Å². The molecule has 2 atom stereocenters. The summed E-state index contributed by atoms with van der Waals surface area (Å²) in [4.78, 5) is 20.3. The molecule has 0 bridgehead atoms. The van der Waals surface area contributed by atoms with Crippen LogP contribution in [0.25, 0.3) is 11.5 Å². The molecule has 1 saturated heterocycles. The first kappa shape index (κ1) is 23.4. The zero-order chi connectivity index (χ0) is 25.2. The molecule has 2 aromatic heterocycles. The van der Waals surface area contributed by atoms with E-state index < -0.39 is 29.5 Å². The van der Waals surface area contributed by atoms with Gasteiger partial charge in [0, 0.05) is 35.7 Å². The molecule has 1 fully saturated rings. The number of anilines is 1. The Morgan fingerprint density at radius 3 is 2.50 bits per heavy atom. The van der Waals surface area contributed by atoms with Crippen LogP contribution < -0.4 is 20.1 Å². The van der Waals surface area contributed by atoms with Gasteiger partial charge in [-0.05, 0) is 24.3 Å². The molecule has 10 nitrogen and oxygen atoms in total. The first-order chi connectivity index (χ1) is 17.4. The number of carbonyl (C=O) groups excluding carboxylic acids is 1. The maximum atomic E-state index is 14.6. The lowest BCUT2D eigenvalue weighted by Crippen LogP contribution is -2.33. The lowest BCUT2D eigenvalue weighted by molar-refractivity contribution is -0.119. The van der Waals surface area contributed by atoms with Gasteiger partial charge in [-0.1, -0.05) is 16.7 Å². The van der Waals surface area contributed by atoms with E-state index >= 15 is 0 Å². The average molecular weight is 515 g/mol. The van der Waals surface area contributed by atoms with E-state index in [0.29, 0.717) is 11.3 Å². The summed E-state index contributed by atoms with van der Waals surface area (Å²) < 4.78 is 45.4. The van der Waals surface area contributed by atoms with E-state index in [0.717, 1.165) is 12.1 Å². The second kappa shape index (κ2) is 9.74. The quantitative estimate of drug-likeness (QED) is 0.377. The molecular weight excluding hydrogens is 498 g/mol. The molecule has 2 aromatic carbocycles. The third-order valence-corrected chi connectivity index (χ3v) is 5.66. The molecular formula is C23H17ClF2N6O4. The largest absolute Gasteiger partial charge is 0.497 e. The monoisotopic (exact) mass is 514 g/mol. The molecule has 3 heterocycles. The van der Waals surface area contributed by atoms with Crippen molar-refractivity contribution >= 4 is 23.5 Å². The zero-order valence-electron chi connectivity index (χ0n) is 18.5. The number of nitrogens with zero attached hydrogens (tertiary/aromatic N) is 4. The standard InChI is InChI=1S/C23H17ClF2N6O4/c1-34-13-6-15(25)19(16(26)7-13)14-8-29-21(33)20(14)30-23-32-31-22(36-23)11-2-4-12(5-3-11)35-18-10-27-17(24)9-28-18/h2-7,9-10,14,20H,8H2,1H3,(H,29,33)(H,30,32)/t14-,20-/m0/s1. The molecule has 0 unspecified atom stereocenters. The minimum atomic E-state index is -1.04. The summed E-state index contributed by atoms with van der Waals surface area (Å²) in [6.45, 7) is 0.0249. The molecule has 13 heteroatoms. The van der Waals surface area contributed by atoms with Crippen LogP contribution in [0.2, 0.25) is 5.15 Å². The van der Waals surface area contributed by atoms with Crippen molar-refractivity contribution in [2.24, 2.45) is 0 Å². The van der Waals surface area contributed by atoms with Crippen molar-refractivity contribution in [1.82, 2.24) is 25.5 Å². The fraction of sp³-hybridized carbons (Fsp3) is 0.174. The lowest BCUT2D eigenvalue weighted by Gasteiger charge is -2.19. The molecule has 0 saturated carbocycles. The minimum Gasteiger partial charge on any atom is -0.497 e. The molecule has 1 aliphatic rings. The first-order valence-corrected chi connectivity index (χ1v) is 11.0. The summed E-state index contributed by atoms with van der Waals surface area (Å²) in [5.74, 6) is -2.00. The number of rotatable bonds is 7. The molecule has 2 N–H and O–H groups in total. The van der Waals surface area contributed by atoms with Crippen molar-refractivity contribution in [1.29, 1.82) is 0 Å². The predicted molar refractivity (Wildman–Crippen MR) is 123 cm³/mol. The Hall–Kier alpha value is -4.32. The van der Waals surface area contributed by atoms with Gasteiger partial charge in [-0.15, -0.1) is 5.10 Å². The topological polar surface area (TPSA) is 124 Å². The van der Waals surface area contributed by atoms with Gasteiger partial charge in [0.05, 0.1) is 19.5 Å². The van der Waals surface area contributed by atoms with Crippen LogP contribution >= 0.6 is 11.6 Å². The fourth-order valence-electron chi connectivity index (χ4n) is 3.76. The van der Waals surface area contributed by atoms with Crippen molar-refractivity contribution in [3.63, 3.8) is 0 Å². The number of carbonyl (C=O) groups is 1. The van der Waals surface area contributed by atoms with Gasteiger partial charge in [-0.3, -0.25) is 4.79 Å². The number of aromatic nitrogens is 4. The van der Waals surface area contributed by atoms with Crippen molar-refractivity contribution < 1.29 is 27.5 Å². The summed E-state index contributed by atoms with van der Waals surface area (Å²) >= 11 is 5.71. The predicted octanol–water partition coefficient (Wildman–Crippen LogP) is 3.95. The summed E-state index contributed by atoms with van der Waals surface area (Å²) in [7, 11) is 1.31. The number of hydrogen-bond donors (Lipinski definition) is 2. The van der Waals surface area contributed by atoms with Gasteiger partial charge in [-0.25, -0.2) is 18.7 Å². The number of amides is 1. The summed E-state index contributed by atoms with van der Waals surface area (Å²) in [6, 6.07) is 7.71. The Morgan fingerprint density at radius 2 is 1.83 bits per heavy atom. The van der Waals surface area contributed by atoms with Gasteiger partial charge < -0.3 is 24.5 Å². The van der Waals surface area contributed by atoms with E-state index in [1.54, 1.807) is 24.3 Å². The second-order valence-electron chi connectivity index (χ2n) is 7.69. The van der Waals surface area contributed by atoms with Crippen LogP contribution in [0, 0.1) is 11.6 Å². The van der Waals surface area contributed by atoms with Gasteiger partial charge in [0.15, 0.2) is 0 Å². The Labute approximate surface area is 207 Å².